The normalized spacial score (nSPS) is 16.4. The van der Waals surface area contributed by atoms with Crippen molar-refractivity contribution in [1.82, 2.24) is 10.6 Å². The van der Waals surface area contributed by atoms with E-state index in [4.69, 9.17) is 9.15 Å². The van der Waals surface area contributed by atoms with Gasteiger partial charge in [0.2, 0.25) is 0 Å². The van der Waals surface area contributed by atoms with E-state index in [0.717, 1.165) is 19.3 Å². The Balaban J connectivity index is 1.67. The summed E-state index contributed by atoms with van der Waals surface area (Å²) in [5, 5.41) is 14.6. The van der Waals surface area contributed by atoms with Crippen molar-refractivity contribution in [2.24, 2.45) is 0 Å². The molecule has 2 rings (SSSR count). The lowest BCUT2D eigenvalue weighted by Gasteiger charge is -2.29. The maximum Gasteiger partial charge on any atom is 0.338 e. The highest BCUT2D eigenvalue weighted by Crippen LogP contribution is 2.28. The highest BCUT2D eigenvalue weighted by atomic mass is 16.6. The van der Waals surface area contributed by atoms with Crippen LogP contribution in [0.15, 0.2) is 22.8 Å². The van der Waals surface area contributed by atoms with Gasteiger partial charge in [-0.1, -0.05) is 6.42 Å². The molecule has 3 amide bonds. The third-order valence-electron chi connectivity index (χ3n) is 3.65. The minimum atomic E-state index is -1.51. The molecule has 8 nitrogen and oxygen atoms in total. The number of amides is 3. The maximum atomic E-state index is 11.8. The van der Waals surface area contributed by atoms with E-state index in [1.165, 1.54) is 6.26 Å². The van der Waals surface area contributed by atoms with Crippen LogP contribution in [0.3, 0.4) is 0 Å². The number of carbonyl (C=O) groups is 3. The number of furan rings is 1. The van der Waals surface area contributed by atoms with Gasteiger partial charge >= 0.3 is 12.0 Å². The molecule has 3 N–H and O–H groups in total. The molecule has 1 aliphatic carbocycles. The van der Waals surface area contributed by atoms with E-state index in [-0.39, 0.29) is 6.54 Å². The number of imide groups is 1. The average Bonchev–Trinajstić information content (AvgIpc) is 3.05. The molecule has 0 aromatic carbocycles. The lowest BCUT2D eigenvalue weighted by molar-refractivity contribution is -0.170. The van der Waals surface area contributed by atoms with Gasteiger partial charge in [-0.25, -0.2) is 9.59 Å². The molecule has 1 heterocycles. The molecule has 0 spiro atoms. The van der Waals surface area contributed by atoms with Crippen LogP contribution in [-0.2, 0) is 20.9 Å². The summed E-state index contributed by atoms with van der Waals surface area (Å²) >= 11 is 0. The Morgan fingerprint density at radius 3 is 2.65 bits per heavy atom. The van der Waals surface area contributed by atoms with Gasteiger partial charge in [-0.3, -0.25) is 10.1 Å². The quantitative estimate of drug-likeness (QED) is 0.691. The third-order valence-corrected chi connectivity index (χ3v) is 3.65. The highest BCUT2D eigenvalue weighted by Gasteiger charge is 2.38. The van der Waals surface area contributed by atoms with Crippen molar-refractivity contribution in [3.05, 3.63) is 24.2 Å². The molecule has 1 fully saturated rings. The zero-order chi connectivity index (χ0) is 16.7. The fraction of sp³-hybridized carbons (Fsp3) is 0.533. The van der Waals surface area contributed by atoms with Gasteiger partial charge in [-0.05, 0) is 37.8 Å². The van der Waals surface area contributed by atoms with Crippen LogP contribution in [0.5, 0.6) is 0 Å². The van der Waals surface area contributed by atoms with Gasteiger partial charge < -0.3 is 19.6 Å². The van der Waals surface area contributed by atoms with Crippen molar-refractivity contribution in [3.8, 4) is 0 Å². The van der Waals surface area contributed by atoms with Crippen LogP contribution >= 0.6 is 0 Å². The molecule has 0 unspecified atom stereocenters. The van der Waals surface area contributed by atoms with Gasteiger partial charge in [-0.2, -0.15) is 0 Å². The van der Waals surface area contributed by atoms with Crippen LogP contribution in [0, 0.1) is 0 Å². The molecule has 1 aromatic rings. The molecule has 0 saturated heterocycles. The molecule has 126 valence electrons. The molecule has 0 aliphatic heterocycles. The van der Waals surface area contributed by atoms with Gasteiger partial charge in [-0.15, -0.1) is 0 Å². The summed E-state index contributed by atoms with van der Waals surface area (Å²) in [7, 11) is 0. The summed E-state index contributed by atoms with van der Waals surface area (Å²) in [6.07, 6.45) is 4.58. The van der Waals surface area contributed by atoms with E-state index in [9.17, 15) is 19.5 Å². The predicted molar refractivity (Wildman–Crippen MR) is 78.1 cm³/mol. The molecule has 1 aliphatic rings. The predicted octanol–water partition coefficient (Wildman–Crippen LogP) is 0.844. The Kier molecular flexibility index (Phi) is 5.75. The molecule has 8 heteroatoms. The molecular weight excluding hydrogens is 304 g/mol. The fourth-order valence-electron chi connectivity index (χ4n) is 2.39. The highest BCUT2D eigenvalue weighted by molar-refractivity contribution is 5.95. The zero-order valence-electron chi connectivity index (χ0n) is 12.7. The Bertz CT molecular complexity index is 548. The second kappa shape index (κ2) is 7.77. The van der Waals surface area contributed by atoms with Crippen molar-refractivity contribution in [2.45, 2.75) is 44.2 Å². The summed E-state index contributed by atoms with van der Waals surface area (Å²) in [5.74, 6) is -1.04. The SMILES string of the molecule is O=C(COC(=O)C1(O)CCCCC1)NC(=O)NCc1ccco1. The van der Waals surface area contributed by atoms with E-state index < -0.39 is 30.1 Å². The Hall–Kier alpha value is -2.35. The Labute approximate surface area is 133 Å². The van der Waals surface area contributed by atoms with E-state index in [2.05, 4.69) is 5.32 Å². The van der Waals surface area contributed by atoms with Crippen molar-refractivity contribution < 1.29 is 28.6 Å². The number of esters is 1. The van der Waals surface area contributed by atoms with Gasteiger partial charge in [0, 0.05) is 0 Å². The van der Waals surface area contributed by atoms with Gasteiger partial charge in [0.25, 0.3) is 5.91 Å². The summed E-state index contributed by atoms with van der Waals surface area (Å²) in [5.41, 5.74) is -1.51. The fourth-order valence-corrected chi connectivity index (χ4v) is 2.39. The van der Waals surface area contributed by atoms with Crippen molar-refractivity contribution in [1.29, 1.82) is 0 Å². The largest absolute Gasteiger partial charge is 0.467 e. The van der Waals surface area contributed by atoms with E-state index >= 15 is 0 Å². The lowest BCUT2D eigenvalue weighted by atomic mass is 9.85. The average molecular weight is 324 g/mol. The monoisotopic (exact) mass is 324 g/mol. The molecule has 1 saturated carbocycles. The van der Waals surface area contributed by atoms with Crippen LogP contribution in [0.4, 0.5) is 4.79 Å². The maximum absolute atomic E-state index is 11.8. The molecule has 0 atom stereocenters. The number of hydrogen-bond acceptors (Lipinski definition) is 6. The first-order valence-electron chi connectivity index (χ1n) is 7.49. The topological polar surface area (TPSA) is 118 Å². The van der Waals surface area contributed by atoms with Crippen LogP contribution in [0.25, 0.3) is 0 Å². The number of hydrogen-bond donors (Lipinski definition) is 3. The van der Waals surface area contributed by atoms with Crippen LogP contribution in [0.1, 0.15) is 37.9 Å². The lowest BCUT2D eigenvalue weighted by Crippen LogP contribution is -2.45. The number of carbonyl (C=O) groups excluding carboxylic acids is 3. The standard InChI is InChI=1S/C15H20N2O6/c18-12(17-14(20)16-9-11-5-4-8-22-11)10-23-13(19)15(21)6-2-1-3-7-15/h4-5,8,21H,1-3,6-7,9-10H2,(H2,16,17,18,20). The van der Waals surface area contributed by atoms with E-state index in [1.54, 1.807) is 12.1 Å². The van der Waals surface area contributed by atoms with E-state index in [1.807, 2.05) is 5.32 Å². The third kappa shape index (κ3) is 5.10. The summed E-state index contributed by atoms with van der Waals surface area (Å²) < 4.78 is 9.82. The second-order valence-corrected chi connectivity index (χ2v) is 5.48. The van der Waals surface area contributed by atoms with E-state index in [0.29, 0.717) is 18.6 Å². The van der Waals surface area contributed by atoms with Crippen LogP contribution in [-0.4, -0.2) is 35.2 Å². The molecular formula is C15H20N2O6. The number of rotatable bonds is 5. The number of aliphatic hydroxyl groups is 1. The molecule has 1 aromatic heterocycles. The minimum Gasteiger partial charge on any atom is -0.467 e. The number of urea groups is 1. The smallest absolute Gasteiger partial charge is 0.338 e. The molecule has 0 radical (unpaired) electrons. The first kappa shape index (κ1) is 17.0. The first-order valence-corrected chi connectivity index (χ1v) is 7.49. The Morgan fingerprint density at radius 2 is 2.00 bits per heavy atom. The van der Waals surface area contributed by atoms with Crippen LogP contribution in [0.2, 0.25) is 0 Å². The molecule has 23 heavy (non-hydrogen) atoms. The summed E-state index contributed by atoms with van der Waals surface area (Å²) in [4.78, 5) is 34.9. The van der Waals surface area contributed by atoms with Crippen LogP contribution < -0.4 is 10.6 Å². The minimum absolute atomic E-state index is 0.131. The Morgan fingerprint density at radius 1 is 1.26 bits per heavy atom. The van der Waals surface area contributed by atoms with Gasteiger partial charge in [0.1, 0.15) is 5.76 Å². The first-order chi connectivity index (χ1) is 11.0. The summed E-state index contributed by atoms with van der Waals surface area (Å²) in [6, 6.07) is 2.63. The van der Waals surface area contributed by atoms with Crippen molar-refractivity contribution >= 4 is 17.9 Å². The van der Waals surface area contributed by atoms with Gasteiger partial charge in [0.15, 0.2) is 12.2 Å². The number of nitrogens with one attached hydrogen (secondary N) is 2. The number of ether oxygens (including phenoxy) is 1. The van der Waals surface area contributed by atoms with Crippen molar-refractivity contribution in [2.75, 3.05) is 6.61 Å². The zero-order valence-corrected chi connectivity index (χ0v) is 12.7. The second-order valence-electron chi connectivity index (χ2n) is 5.48. The van der Waals surface area contributed by atoms with Crippen molar-refractivity contribution in [3.63, 3.8) is 0 Å². The molecule has 0 bridgehead atoms. The summed E-state index contributed by atoms with van der Waals surface area (Å²) in [6.45, 7) is -0.485. The van der Waals surface area contributed by atoms with Gasteiger partial charge in [0.05, 0.1) is 12.8 Å².